The number of nitrogens with one attached hydrogen (secondary N) is 1. The number of likely N-dealkylation sites (tertiary alicyclic amines) is 1. The topological polar surface area (TPSA) is 82.5 Å². The monoisotopic (exact) mass is 311 g/mol. The Morgan fingerprint density at radius 2 is 2.43 bits per heavy atom. The number of piperidine rings is 1. The van der Waals surface area contributed by atoms with E-state index in [2.05, 4.69) is 10.3 Å². The van der Waals surface area contributed by atoms with Gasteiger partial charge in [-0.3, -0.25) is 4.79 Å². The number of carbonyl (C=O) groups excluding carboxylic acids is 1. The molecule has 7 heteroatoms. The Labute approximate surface area is 128 Å². The number of aliphatic carboxylic acids is 1. The molecule has 1 aromatic heterocycles. The largest absolute Gasteiger partial charge is 0.481 e. The van der Waals surface area contributed by atoms with Crippen molar-refractivity contribution in [3.8, 4) is 0 Å². The number of hydrogen-bond acceptors (Lipinski definition) is 4. The van der Waals surface area contributed by atoms with Gasteiger partial charge in [0.15, 0.2) is 0 Å². The Bertz CT molecular complexity index is 478. The molecule has 0 radical (unpaired) electrons. The molecule has 0 saturated carbocycles. The summed E-state index contributed by atoms with van der Waals surface area (Å²) in [5.41, 5.74) is 2.60. The number of hydrogen-bond donors (Lipinski definition) is 2. The van der Waals surface area contributed by atoms with Crippen LogP contribution in [0, 0.1) is 11.8 Å². The molecule has 2 N–H and O–H groups in total. The number of nitrogens with zero attached hydrogens (tertiary/aromatic N) is 2. The van der Waals surface area contributed by atoms with Gasteiger partial charge >= 0.3 is 12.0 Å². The third-order valence-corrected chi connectivity index (χ3v) is 4.59. The zero-order valence-electron chi connectivity index (χ0n) is 12.1. The van der Waals surface area contributed by atoms with Crippen LogP contribution in [-0.4, -0.2) is 40.1 Å². The number of carboxylic acid groups (broad SMARTS) is 1. The first-order valence-electron chi connectivity index (χ1n) is 7.18. The molecule has 2 unspecified atom stereocenters. The van der Waals surface area contributed by atoms with Crippen molar-refractivity contribution in [2.45, 2.75) is 32.7 Å². The number of urea groups is 1. The summed E-state index contributed by atoms with van der Waals surface area (Å²) < 4.78 is 0. The summed E-state index contributed by atoms with van der Waals surface area (Å²) in [4.78, 5) is 28.9. The highest BCUT2D eigenvalue weighted by Crippen LogP contribution is 2.26. The highest BCUT2D eigenvalue weighted by molar-refractivity contribution is 7.07. The molecule has 2 rings (SSSR count). The van der Waals surface area contributed by atoms with Gasteiger partial charge in [-0.15, -0.1) is 11.3 Å². The van der Waals surface area contributed by atoms with Crippen LogP contribution in [0.4, 0.5) is 4.79 Å². The Morgan fingerprint density at radius 1 is 1.62 bits per heavy atom. The molecule has 1 aromatic rings. The van der Waals surface area contributed by atoms with Crippen molar-refractivity contribution in [3.05, 3.63) is 16.6 Å². The fourth-order valence-corrected chi connectivity index (χ4v) is 3.26. The lowest BCUT2D eigenvalue weighted by atomic mass is 9.85. The van der Waals surface area contributed by atoms with Crippen molar-refractivity contribution in [2.75, 3.05) is 13.1 Å². The first kappa shape index (κ1) is 15.8. The standard InChI is InChI=1S/C14H21N3O3S/c1-10(5-13(18)19)11-3-2-4-17(7-11)14(20)15-6-12-8-21-9-16-12/h8-11H,2-7H2,1H3,(H,15,20)(H,18,19). The molecular weight excluding hydrogens is 290 g/mol. The van der Waals surface area contributed by atoms with Gasteiger partial charge in [-0.2, -0.15) is 0 Å². The number of carboxylic acids is 1. The van der Waals surface area contributed by atoms with Crippen LogP contribution < -0.4 is 5.32 Å². The molecule has 2 amide bonds. The number of aromatic nitrogens is 1. The van der Waals surface area contributed by atoms with Gasteiger partial charge in [0.2, 0.25) is 0 Å². The van der Waals surface area contributed by atoms with Crippen molar-refractivity contribution in [1.29, 1.82) is 0 Å². The summed E-state index contributed by atoms with van der Waals surface area (Å²) in [6.45, 7) is 3.76. The van der Waals surface area contributed by atoms with Crippen LogP contribution in [0.3, 0.4) is 0 Å². The SMILES string of the molecule is CC(CC(=O)O)C1CCCN(C(=O)NCc2cscn2)C1. The molecule has 1 aliphatic heterocycles. The number of rotatable bonds is 5. The zero-order valence-corrected chi connectivity index (χ0v) is 12.9. The van der Waals surface area contributed by atoms with Crippen molar-refractivity contribution in [3.63, 3.8) is 0 Å². The van der Waals surface area contributed by atoms with Crippen LogP contribution in [0.2, 0.25) is 0 Å². The highest BCUT2D eigenvalue weighted by Gasteiger charge is 2.28. The van der Waals surface area contributed by atoms with E-state index in [1.807, 2.05) is 12.3 Å². The molecular formula is C14H21N3O3S. The van der Waals surface area contributed by atoms with E-state index in [-0.39, 0.29) is 24.3 Å². The predicted molar refractivity (Wildman–Crippen MR) is 80.1 cm³/mol. The number of amides is 2. The minimum atomic E-state index is -0.771. The van der Waals surface area contributed by atoms with E-state index < -0.39 is 5.97 Å². The third-order valence-electron chi connectivity index (χ3n) is 3.95. The second kappa shape index (κ2) is 7.40. The van der Waals surface area contributed by atoms with E-state index in [1.165, 1.54) is 11.3 Å². The van der Waals surface area contributed by atoms with Gasteiger partial charge in [-0.25, -0.2) is 9.78 Å². The Kier molecular flexibility index (Phi) is 5.55. The molecule has 1 fully saturated rings. The summed E-state index contributed by atoms with van der Waals surface area (Å²) in [5.74, 6) is -0.413. The summed E-state index contributed by atoms with van der Waals surface area (Å²) in [6.07, 6.45) is 2.09. The van der Waals surface area contributed by atoms with Crippen molar-refractivity contribution < 1.29 is 14.7 Å². The summed E-state index contributed by atoms with van der Waals surface area (Å²) in [7, 11) is 0. The van der Waals surface area contributed by atoms with Crippen LogP contribution in [-0.2, 0) is 11.3 Å². The van der Waals surface area contributed by atoms with E-state index in [1.54, 1.807) is 10.4 Å². The van der Waals surface area contributed by atoms with Crippen LogP contribution in [0.25, 0.3) is 0 Å². The fraction of sp³-hybridized carbons (Fsp3) is 0.643. The molecule has 1 aliphatic rings. The minimum absolute atomic E-state index is 0.0878. The van der Waals surface area contributed by atoms with E-state index in [4.69, 9.17) is 5.11 Å². The fourth-order valence-electron chi connectivity index (χ4n) is 2.70. The average Bonchev–Trinajstić information content (AvgIpc) is 2.97. The Balaban J connectivity index is 1.82. The van der Waals surface area contributed by atoms with Gasteiger partial charge in [0.25, 0.3) is 0 Å². The molecule has 0 spiro atoms. The van der Waals surface area contributed by atoms with E-state index >= 15 is 0 Å². The maximum Gasteiger partial charge on any atom is 0.317 e. The molecule has 0 aromatic carbocycles. The molecule has 6 nitrogen and oxygen atoms in total. The smallest absolute Gasteiger partial charge is 0.317 e. The van der Waals surface area contributed by atoms with Crippen molar-refractivity contribution in [2.24, 2.45) is 11.8 Å². The van der Waals surface area contributed by atoms with E-state index in [9.17, 15) is 9.59 Å². The second-order valence-corrected chi connectivity index (χ2v) is 6.28. The van der Waals surface area contributed by atoms with Gasteiger partial charge < -0.3 is 15.3 Å². The van der Waals surface area contributed by atoms with Crippen molar-refractivity contribution >= 4 is 23.3 Å². The number of thiazole rings is 1. The predicted octanol–water partition coefficient (Wildman–Crippen LogP) is 2.18. The second-order valence-electron chi connectivity index (χ2n) is 5.56. The van der Waals surface area contributed by atoms with Crippen LogP contribution >= 0.6 is 11.3 Å². The maximum absolute atomic E-state index is 12.2. The van der Waals surface area contributed by atoms with Gasteiger partial charge in [-0.1, -0.05) is 6.92 Å². The minimum Gasteiger partial charge on any atom is -0.481 e. The normalized spacial score (nSPS) is 20.0. The zero-order chi connectivity index (χ0) is 15.2. The molecule has 0 bridgehead atoms. The lowest BCUT2D eigenvalue weighted by molar-refractivity contribution is -0.138. The maximum atomic E-state index is 12.2. The molecule has 21 heavy (non-hydrogen) atoms. The van der Waals surface area contributed by atoms with Crippen molar-refractivity contribution in [1.82, 2.24) is 15.2 Å². The van der Waals surface area contributed by atoms with E-state index in [0.717, 1.165) is 25.1 Å². The molecule has 2 heterocycles. The van der Waals surface area contributed by atoms with Gasteiger partial charge in [0.05, 0.1) is 17.7 Å². The summed E-state index contributed by atoms with van der Waals surface area (Å²) in [5, 5.41) is 13.7. The lowest BCUT2D eigenvalue weighted by Gasteiger charge is -2.35. The Hall–Kier alpha value is -1.63. The Morgan fingerprint density at radius 3 is 3.10 bits per heavy atom. The quantitative estimate of drug-likeness (QED) is 0.873. The van der Waals surface area contributed by atoms with Gasteiger partial charge in [-0.05, 0) is 24.7 Å². The summed E-state index contributed by atoms with van der Waals surface area (Å²) >= 11 is 1.51. The van der Waals surface area contributed by atoms with Crippen LogP contribution in [0.1, 0.15) is 31.9 Å². The summed E-state index contributed by atoms with van der Waals surface area (Å²) in [6, 6.07) is -0.0878. The van der Waals surface area contributed by atoms with Gasteiger partial charge in [0, 0.05) is 24.9 Å². The molecule has 2 atom stereocenters. The molecule has 0 aliphatic carbocycles. The molecule has 116 valence electrons. The first-order chi connectivity index (χ1) is 10.1. The van der Waals surface area contributed by atoms with Crippen LogP contribution in [0.15, 0.2) is 10.9 Å². The highest BCUT2D eigenvalue weighted by atomic mass is 32.1. The molecule has 1 saturated heterocycles. The first-order valence-corrected chi connectivity index (χ1v) is 8.12. The lowest BCUT2D eigenvalue weighted by Crippen LogP contribution is -2.46. The van der Waals surface area contributed by atoms with Crippen LogP contribution in [0.5, 0.6) is 0 Å². The van der Waals surface area contributed by atoms with E-state index in [0.29, 0.717) is 13.1 Å². The number of carbonyl (C=O) groups is 2. The average molecular weight is 311 g/mol. The third kappa shape index (κ3) is 4.70. The van der Waals surface area contributed by atoms with Gasteiger partial charge in [0.1, 0.15) is 0 Å².